The summed E-state index contributed by atoms with van der Waals surface area (Å²) >= 11 is 0. The van der Waals surface area contributed by atoms with Crippen molar-refractivity contribution in [1.82, 2.24) is 15.3 Å². The van der Waals surface area contributed by atoms with Gasteiger partial charge in [-0.15, -0.1) is 0 Å². The fourth-order valence-corrected chi connectivity index (χ4v) is 6.24. The predicted octanol–water partition coefficient (Wildman–Crippen LogP) is 4.75. The topological polar surface area (TPSA) is 93.6 Å². The molecule has 0 radical (unpaired) electrons. The Balaban J connectivity index is 0.000000292. The van der Waals surface area contributed by atoms with Crippen LogP contribution in [-0.4, -0.2) is 59.1 Å². The molecule has 2 aliphatic heterocycles. The van der Waals surface area contributed by atoms with Gasteiger partial charge in [-0.3, -0.25) is 9.97 Å². The number of rotatable bonds is 6. The number of nitrogens with zero attached hydrogens (tertiary/aromatic N) is 2. The van der Waals surface area contributed by atoms with Crippen molar-refractivity contribution in [2.24, 2.45) is 0 Å². The second kappa shape index (κ2) is 12.3. The highest BCUT2D eigenvalue weighted by molar-refractivity contribution is 5.86. The van der Waals surface area contributed by atoms with E-state index in [4.69, 9.17) is 14.6 Å². The summed E-state index contributed by atoms with van der Waals surface area (Å²) in [5.41, 5.74) is 3.96. The van der Waals surface area contributed by atoms with Crippen LogP contribution < -0.4 is 5.32 Å². The van der Waals surface area contributed by atoms with Crippen molar-refractivity contribution in [2.75, 3.05) is 26.4 Å². The average Bonchev–Trinajstić information content (AvgIpc) is 3.38. The summed E-state index contributed by atoms with van der Waals surface area (Å²) < 4.78 is 25.5. The normalized spacial score (nSPS) is 22.1. The van der Waals surface area contributed by atoms with Gasteiger partial charge in [0.1, 0.15) is 5.82 Å². The van der Waals surface area contributed by atoms with Crippen molar-refractivity contribution in [3.8, 4) is 0 Å². The Morgan fingerprint density at radius 2 is 1.77 bits per heavy atom. The summed E-state index contributed by atoms with van der Waals surface area (Å²) in [6.07, 6.45) is 11.1. The van der Waals surface area contributed by atoms with Gasteiger partial charge in [0.2, 0.25) is 0 Å². The molecule has 2 aromatic heterocycles. The van der Waals surface area contributed by atoms with E-state index in [1.54, 1.807) is 12.1 Å². The first-order valence-electron chi connectivity index (χ1n) is 13.7. The number of carboxylic acids is 1. The summed E-state index contributed by atoms with van der Waals surface area (Å²) in [5.74, 6) is -1.22. The van der Waals surface area contributed by atoms with Gasteiger partial charge in [-0.25, -0.2) is 9.18 Å². The number of carboxylic acid groups (broad SMARTS) is 1. The summed E-state index contributed by atoms with van der Waals surface area (Å²) in [7, 11) is 0. The van der Waals surface area contributed by atoms with Gasteiger partial charge in [0, 0.05) is 49.4 Å². The van der Waals surface area contributed by atoms with E-state index in [0.717, 1.165) is 77.0 Å². The first-order chi connectivity index (χ1) is 19.0. The standard InChI is InChI=1S/C25H31FN2O2.C6H5NO2/c26-21-5-6-23(28-17-21)24(8-14-30-25(18-24)9-12-29-13-10-25)7-11-27-22-15-19-3-1-2-4-20(19)16-22;8-6(9)5-2-1-3-7-4-5/h1-6,17,22,27H,7-16,18H2;1-4H,(H,8,9)/t24-;/m1./s1. The van der Waals surface area contributed by atoms with E-state index < -0.39 is 5.97 Å². The molecule has 3 aliphatic rings. The molecular weight excluding hydrogens is 497 g/mol. The number of fused-ring (bicyclic) bond motifs is 1. The van der Waals surface area contributed by atoms with Crippen molar-refractivity contribution < 1.29 is 23.8 Å². The highest BCUT2D eigenvalue weighted by atomic mass is 19.1. The van der Waals surface area contributed by atoms with Gasteiger partial charge >= 0.3 is 5.97 Å². The molecule has 0 amide bonds. The Morgan fingerprint density at radius 1 is 1.00 bits per heavy atom. The molecule has 0 unspecified atom stereocenters. The quantitative estimate of drug-likeness (QED) is 0.473. The smallest absolute Gasteiger partial charge is 0.337 e. The molecule has 6 rings (SSSR count). The summed E-state index contributed by atoms with van der Waals surface area (Å²) in [6.45, 7) is 3.18. The van der Waals surface area contributed by atoms with E-state index in [0.29, 0.717) is 6.04 Å². The number of benzene rings is 1. The van der Waals surface area contributed by atoms with E-state index in [-0.39, 0.29) is 22.4 Å². The third-order valence-corrected chi connectivity index (χ3v) is 8.32. The molecule has 4 heterocycles. The zero-order valence-corrected chi connectivity index (χ0v) is 22.2. The number of carbonyl (C=O) groups is 1. The highest BCUT2D eigenvalue weighted by Gasteiger charge is 2.48. The molecule has 7 nitrogen and oxygen atoms in total. The predicted molar refractivity (Wildman–Crippen MR) is 145 cm³/mol. The second-order valence-electron chi connectivity index (χ2n) is 10.8. The van der Waals surface area contributed by atoms with Gasteiger partial charge in [-0.05, 0) is 86.9 Å². The zero-order chi connectivity index (χ0) is 27.1. The fraction of sp³-hybridized carbons (Fsp3) is 0.452. The number of nitrogens with one attached hydrogen (secondary N) is 1. The minimum Gasteiger partial charge on any atom is -0.478 e. The molecule has 2 saturated heterocycles. The van der Waals surface area contributed by atoms with Crippen LogP contribution in [0.5, 0.6) is 0 Å². The lowest BCUT2D eigenvalue weighted by atomic mass is 9.66. The van der Waals surface area contributed by atoms with E-state index in [2.05, 4.69) is 39.6 Å². The lowest BCUT2D eigenvalue weighted by Crippen LogP contribution is -2.51. The van der Waals surface area contributed by atoms with E-state index >= 15 is 0 Å². The van der Waals surface area contributed by atoms with Crippen LogP contribution >= 0.6 is 0 Å². The van der Waals surface area contributed by atoms with Crippen molar-refractivity contribution >= 4 is 5.97 Å². The lowest BCUT2D eigenvalue weighted by molar-refractivity contribution is -0.154. The molecule has 3 aromatic rings. The number of ether oxygens (including phenoxy) is 2. The lowest BCUT2D eigenvalue weighted by Gasteiger charge is -2.49. The van der Waals surface area contributed by atoms with Crippen molar-refractivity contribution in [1.29, 1.82) is 0 Å². The third-order valence-electron chi connectivity index (χ3n) is 8.32. The number of aromatic nitrogens is 2. The number of hydrogen-bond acceptors (Lipinski definition) is 6. The summed E-state index contributed by atoms with van der Waals surface area (Å²) in [5, 5.41) is 12.2. The maximum absolute atomic E-state index is 13.6. The van der Waals surface area contributed by atoms with Crippen LogP contribution in [-0.2, 0) is 27.7 Å². The van der Waals surface area contributed by atoms with Gasteiger partial charge in [0.25, 0.3) is 0 Å². The van der Waals surface area contributed by atoms with Crippen LogP contribution in [0.25, 0.3) is 0 Å². The maximum atomic E-state index is 13.6. The minimum atomic E-state index is -0.942. The summed E-state index contributed by atoms with van der Waals surface area (Å²) in [4.78, 5) is 18.3. The van der Waals surface area contributed by atoms with Gasteiger partial charge in [0.15, 0.2) is 0 Å². The maximum Gasteiger partial charge on any atom is 0.337 e. The number of aromatic carboxylic acids is 1. The molecule has 8 heteroatoms. The van der Waals surface area contributed by atoms with E-state index in [9.17, 15) is 9.18 Å². The van der Waals surface area contributed by atoms with Crippen LogP contribution in [0.2, 0.25) is 0 Å². The van der Waals surface area contributed by atoms with Gasteiger partial charge in [-0.2, -0.15) is 0 Å². The number of halogens is 1. The van der Waals surface area contributed by atoms with Crippen molar-refractivity contribution in [3.63, 3.8) is 0 Å². The molecule has 2 N–H and O–H groups in total. The SMILES string of the molecule is Fc1ccc([C@]2(CCNC3Cc4ccccc4C3)CCOC3(CCOCC3)C2)nc1.O=C(O)c1cccnc1. The third kappa shape index (κ3) is 6.69. The van der Waals surface area contributed by atoms with E-state index in [1.165, 1.54) is 35.8 Å². The molecule has 0 saturated carbocycles. The molecule has 1 atom stereocenters. The Hall–Kier alpha value is -3.20. The van der Waals surface area contributed by atoms with Crippen LogP contribution in [0.15, 0.2) is 67.1 Å². The van der Waals surface area contributed by atoms with Crippen LogP contribution in [0.1, 0.15) is 59.3 Å². The molecule has 0 bridgehead atoms. The summed E-state index contributed by atoms with van der Waals surface area (Å²) in [6, 6.07) is 15.8. The monoisotopic (exact) mass is 533 g/mol. The second-order valence-corrected chi connectivity index (χ2v) is 10.8. The van der Waals surface area contributed by atoms with Crippen LogP contribution in [0.4, 0.5) is 4.39 Å². The fourth-order valence-electron chi connectivity index (χ4n) is 6.24. The van der Waals surface area contributed by atoms with Crippen molar-refractivity contribution in [3.05, 3.63) is 95.3 Å². The molecule has 1 spiro atoms. The Bertz CT molecular complexity index is 1200. The Kier molecular flexibility index (Phi) is 8.65. The molecule has 1 aliphatic carbocycles. The van der Waals surface area contributed by atoms with Gasteiger partial charge < -0.3 is 19.9 Å². The first kappa shape index (κ1) is 27.4. The Labute approximate surface area is 228 Å². The number of hydrogen-bond donors (Lipinski definition) is 2. The van der Waals surface area contributed by atoms with Gasteiger partial charge in [0.05, 0.1) is 17.4 Å². The largest absolute Gasteiger partial charge is 0.478 e. The molecule has 39 heavy (non-hydrogen) atoms. The molecule has 2 fully saturated rings. The van der Waals surface area contributed by atoms with E-state index in [1.807, 2.05) is 6.07 Å². The Morgan fingerprint density at radius 3 is 2.38 bits per heavy atom. The van der Waals surface area contributed by atoms with Gasteiger partial charge in [-0.1, -0.05) is 24.3 Å². The molecular formula is C31H36FN3O4. The minimum absolute atomic E-state index is 0.0816. The van der Waals surface area contributed by atoms with Crippen molar-refractivity contribution in [2.45, 2.75) is 62.0 Å². The highest BCUT2D eigenvalue weighted by Crippen LogP contribution is 2.47. The van der Waals surface area contributed by atoms with Crippen LogP contribution in [0.3, 0.4) is 0 Å². The molecule has 1 aromatic carbocycles. The number of pyridine rings is 2. The molecule has 206 valence electrons. The average molecular weight is 534 g/mol. The first-order valence-corrected chi connectivity index (χ1v) is 13.7. The van der Waals surface area contributed by atoms with Crippen LogP contribution in [0, 0.1) is 5.82 Å². The zero-order valence-electron chi connectivity index (χ0n) is 22.2.